The summed E-state index contributed by atoms with van der Waals surface area (Å²) in [5.74, 6) is -0.117. The van der Waals surface area contributed by atoms with Crippen LogP contribution in [0.2, 0.25) is 10.0 Å². The third-order valence-corrected chi connectivity index (χ3v) is 2.77. The lowest BCUT2D eigenvalue weighted by Gasteiger charge is -2.03. The number of benzene rings is 2. The van der Waals surface area contributed by atoms with E-state index in [0.717, 1.165) is 0 Å². The number of carbonyl (C=O) groups is 1. The van der Waals surface area contributed by atoms with Gasteiger partial charge in [-0.1, -0.05) is 53.5 Å². The maximum absolute atomic E-state index is 12.1. The predicted molar refractivity (Wildman–Crippen MR) is 87.0 cm³/mol. The van der Waals surface area contributed by atoms with Crippen LogP contribution in [-0.4, -0.2) is 14.2 Å². The molecular formula is C13H8Cl4O3S. The normalized spacial score (nSPS) is 10.5. The first-order chi connectivity index (χ1) is 9.68. The van der Waals surface area contributed by atoms with E-state index in [2.05, 4.69) is 21.4 Å². The first-order valence-electron chi connectivity index (χ1n) is 5.37. The average Bonchev–Trinajstić information content (AvgIpc) is 2.40. The Morgan fingerprint density at radius 2 is 1.43 bits per heavy atom. The van der Waals surface area contributed by atoms with Crippen LogP contribution in [0.25, 0.3) is 0 Å². The molecule has 21 heavy (non-hydrogen) atoms. The summed E-state index contributed by atoms with van der Waals surface area (Å²) in [7, 11) is 4.81. The van der Waals surface area contributed by atoms with E-state index < -0.39 is 8.26 Å². The van der Waals surface area contributed by atoms with Crippen molar-refractivity contribution in [3.63, 3.8) is 0 Å². The van der Waals surface area contributed by atoms with Gasteiger partial charge in [-0.3, -0.25) is 4.79 Å². The van der Waals surface area contributed by atoms with Crippen LogP contribution in [0.4, 0.5) is 0 Å². The highest BCUT2D eigenvalue weighted by molar-refractivity contribution is 8.31. The second-order valence-electron chi connectivity index (χ2n) is 3.70. The molecule has 0 heterocycles. The molecule has 0 aliphatic carbocycles. The zero-order valence-corrected chi connectivity index (χ0v) is 14.1. The van der Waals surface area contributed by atoms with Gasteiger partial charge in [0.2, 0.25) is 0 Å². The molecule has 112 valence electrons. The molecule has 0 bridgehead atoms. The molecule has 2 aromatic rings. The smallest absolute Gasteiger partial charge is 0.289 e. The van der Waals surface area contributed by atoms with Gasteiger partial charge in [-0.2, -0.15) is 8.42 Å². The van der Waals surface area contributed by atoms with Crippen molar-refractivity contribution in [2.24, 2.45) is 0 Å². The quantitative estimate of drug-likeness (QED) is 0.543. The van der Waals surface area contributed by atoms with Crippen molar-refractivity contribution in [3.8, 4) is 0 Å². The van der Waals surface area contributed by atoms with E-state index in [9.17, 15) is 4.79 Å². The second-order valence-corrected chi connectivity index (χ2v) is 8.21. The SMILES string of the molecule is O=C(c1ccccc1)c1cc(Cl)ccc1Cl.O=S(=O)(Cl)Cl. The topological polar surface area (TPSA) is 51.2 Å². The molecule has 3 nitrogen and oxygen atoms in total. The molecule has 0 unspecified atom stereocenters. The molecule has 2 aromatic carbocycles. The van der Waals surface area contributed by atoms with Crippen LogP contribution < -0.4 is 0 Å². The van der Waals surface area contributed by atoms with Crippen LogP contribution in [0.5, 0.6) is 0 Å². The Labute approximate surface area is 141 Å². The number of ketones is 1. The Hall–Kier alpha value is -0.780. The fourth-order valence-electron chi connectivity index (χ4n) is 1.42. The van der Waals surface area contributed by atoms with E-state index in [1.807, 2.05) is 18.2 Å². The Morgan fingerprint density at radius 1 is 0.905 bits per heavy atom. The minimum Gasteiger partial charge on any atom is -0.289 e. The van der Waals surface area contributed by atoms with Crippen molar-refractivity contribution in [2.45, 2.75) is 0 Å². The van der Waals surface area contributed by atoms with Gasteiger partial charge in [0.1, 0.15) is 0 Å². The monoisotopic (exact) mass is 384 g/mol. The third kappa shape index (κ3) is 7.16. The van der Waals surface area contributed by atoms with Crippen LogP contribution in [0.1, 0.15) is 15.9 Å². The summed E-state index contributed by atoms with van der Waals surface area (Å²) in [6, 6.07) is 13.8. The molecule has 0 radical (unpaired) electrons. The van der Waals surface area contributed by atoms with Gasteiger partial charge in [-0.05, 0) is 18.2 Å². The van der Waals surface area contributed by atoms with Crippen LogP contribution in [-0.2, 0) is 8.26 Å². The Kier molecular flexibility index (Phi) is 6.97. The molecular weight excluding hydrogens is 378 g/mol. The molecule has 0 atom stereocenters. The molecule has 0 amide bonds. The van der Waals surface area contributed by atoms with Gasteiger partial charge in [0.15, 0.2) is 5.78 Å². The summed E-state index contributed by atoms with van der Waals surface area (Å²) >= 11 is 11.8. The maximum Gasteiger partial charge on any atom is 0.317 e. The highest BCUT2D eigenvalue weighted by atomic mass is 36.0. The van der Waals surface area contributed by atoms with Crippen molar-refractivity contribution >= 4 is 58.6 Å². The number of rotatable bonds is 2. The fourth-order valence-corrected chi connectivity index (χ4v) is 1.79. The van der Waals surface area contributed by atoms with Gasteiger partial charge in [0.25, 0.3) is 0 Å². The summed E-state index contributed by atoms with van der Waals surface area (Å²) in [6.07, 6.45) is 0. The molecule has 2 rings (SSSR count). The lowest BCUT2D eigenvalue weighted by atomic mass is 10.0. The van der Waals surface area contributed by atoms with Gasteiger partial charge >= 0.3 is 8.26 Å². The van der Waals surface area contributed by atoms with Crippen LogP contribution in [0.3, 0.4) is 0 Å². The molecule has 0 aromatic heterocycles. The fraction of sp³-hybridized carbons (Fsp3) is 0. The standard InChI is InChI=1S/C13H8Cl2O.Cl2O2S/c14-10-6-7-12(15)11(8-10)13(16)9-4-2-1-3-5-9;1-5(2,3)4/h1-8H;. The molecule has 8 heteroatoms. The number of halogens is 4. The van der Waals surface area contributed by atoms with E-state index in [0.29, 0.717) is 21.2 Å². The molecule has 0 fully saturated rings. The van der Waals surface area contributed by atoms with Gasteiger partial charge < -0.3 is 0 Å². The van der Waals surface area contributed by atoms with E-state index in [-0.39, 0.29) is 5.78 Å². The average molecular weight is 386 g/mol. The third-order valence-electron chi connectivity index (χ3n) is 2.21. The van der Waals surface area contributed by atoms with Crippen molar-refractivity contribution in [1.82, 2.24) is 0 Å². The predicted octanol–water partition coefficient (Wildman–Crippen LogP) is 4.93. The number of hydrogen-bond acceptors (Lipinski definition) is 3. The first kappa shape index (κ1) is 18.3. The summed E-state index contributed by atoms with van der Waals surface area (Å²) in [5.41, 5.74) is 1.03. The van der Waals surface area contributed by atoms with Crippen molar-refractivity contribution in [3.05, 3.63) is 69.7 Å². The van der Waals surface area contributed by atoms with Crippen LogP contribution in [0.15, 0.2) is 48.5 Å². The summed E-state index contributed by atoms with van der Waals surface area (Å²) in [5, 5.41) is 0.918. The second kappa shape index (κ2) is 8.01. The molecule has 0 saturated heterocycles. The minimum atomic E-state index is -3.72. The van der Waals surface area contributed by atoms with Gasteiger partial charge in [0.05, 0.1) is 5.02 Å². The first-order valence-corrected chi connectivity index (χ1v) is 9.26. The molecule has 0 N–H and O–H groups in total. The zero-order chi connectivity index (χ0) is 16.0. The van der Waals surface area contributed by atoms with Crippen LogP contribution >= 0.6 is 44.6 Å². The highest BCUT2D eigenvalue weighted by Crippen LogP contribution is 2.23. The summed E-state index contributed by atoms with van der Waals surface area (Å²) in [4.78, 5) is 12.1. The largest absolute Gasteiger partial charge is 0.317 e. The summed E-state index contributed by atoms with van der Waals surface area (Å²) < 4.78 is 18.3. The molecule has 0 spiro atoms. The minimum absolute atomic E-state index is 0.117. The molecule has 0 aliphatic rings. The van der Waals surface area contributed by atoms with Crippen molar-refractivity contribution in [2.75, 3.05) is 0 Å². The van der Waals surface area contributed by atoms with Gasteiger partial charge in [-0.25, -0.2) is 0 Å². The van der Waals surface area contributed by atoms with E-state index in [1.54, 1.807) is 30.3 Å². The number of carbonyl (C=O) groups excluding carboxylic acids is 1. The Bertz CT molecular complexity index is 722. The molecule has 0 saturated carbocycles. The Morgan fingerprint density at radius 3 is 1.95 bits per heavy atom. The maximum atomic E-state index is 12.1. The lowest BCUT2D eigenvalue weighted by molar-refractivity contribution is 0.103. The zero-order valence-electron chi connectivity index (χ0n) is 10.3. The Balaban J connectivity index is 0.000000383. The van der Waals surface area contributed by atoms with E-state index >= 15 is 0 Å². The van der Waals surface area contributed by atoms with Crippen molar-refractivity contribution < 1.29 is 13.2 Å². The van der Waals surface area contributed by atoms with E-state index in [4.69, 9.17) is 31.6 Å². The van der Waals surface area contributed by atoms with Crippen molar-refractivity contribution in [1.29, 1.82) is 0 Å². The van der Waals surface area contributed by atoms with E-state index in [1.165, 1.54) is 0 Å². The van der Waals surface area contributed by atoms with Crippen LogP contribution in [0, 0.1) is 0 Å². The summed E-state index contributed by atoms with van der Waals surface area (Å²) in [6.45, 7) is 0. The number of hydrogen-bond donors (Lipinski definition) is 0. The van der Waals surface area contributed by atoms with Gasteiger partial charge in [-0.15, -0.1) is 0 Å². The van der Waals surface area contributed by atoms with Gasteiger partial charge in [0, 0.05) is 37.5 Å². The highest BCUT2D eigenvalue weighted by Gasteiger charge is 2.12. The molecule has 0 aliphatic heterocycles. The lowest BCUT2D eigenvalue weighted by Crippen LogP contribution is -2.01.